The number of amides is 2. The molecule has 0 saturated heterocycles. The summed E-state index contributed by atoms with van der Waals surface area (Å²) in [5, 5.41) is 2.42. The molecular formula is C22H23N3O3S. The average molecular weight is 410 g/mol. The summed E-state index contributed by atoms with van der Waals surface area (Å²) in [5.41, 5.74) is 10.4. The molecule has 0 bridgehead atoms. The number of nitrogens with zero attached hydrogens (tertiary/aromatic N) is 2. The number of carbonyl (C=O) groups excluding carboxylic acids is 2. The van der Waals surface area contributed by atoms with Gasteiger partial charge in [-0.25, -0.2) is 4.98 Å². The minimum Gasteiger partial charge on any atom is -0.486 e. The van der Waals surface area contributed by atoms with Gasteiger partial charge < -0.3 is 10.5 Å². The second-order valence-electron chi connectivity index (χ2n) is 6.87. The molecule has 0 aliphatic rings. The largest absolute Gasteiger partial charge is 0.486 e. The van der Waals surface area contributed by atoms with Crippen LogP contribution >= 0.6 is 11.3 Å². The number of hydrogen-bond acceptors (Lipinski definition) is 5. The standard InChI is InChI=1S/C22H23N3O3S/c1-13-9-14(2)20(15(3)10-13)25(16(4)26)22-24-17(12-29-22)11-28-19-8-6-5-7-18(19)21(23)27/h5-10,12H,11H2,1-4H3,(H2,23,27). The zero-order valence-electron chi connectivity index (χ0n) is 16.9. The van der Waals surface area contributed by atoms with Crippen LogP contribution in [0.2, 0.25) is 0 Å². The highest BCUT2D eigenvalue weighted by molar-refractivity contribution is 7.14. The molecule has 0 spiro atoms. The molecule has 0 atom stereocenters. The van der Waals surface area contributed by atoms with Gasteiger partial charge in [0.05, 0.1) is 16.9 Å². The monoisotopic (exact) mass is 409 g/mol. The van der Waals surface area contributed by atoms with Crippen molar-refractivity contribution in [2.45, 2.75) is 34.3 Å². The number of aromatic nitrogens is 1. The van der Waals surface area contributed by atoms with Crippen LogP contribution in [0.25, 0.3) is 0 Å². The van der Waals surface area contributed by atoms with E-state index in [1.807, 2.05) is 26.2 Å². The molecule has 3 rings (SSSR count). The molecule has 0 unspecified atom stereocenters. The number of rotatable bonds is 6. The Kier molecular flexibility index (Phi) is 5.98. The highest BCUT2D eigenvalue weighted by Gasteiger charge is 2.22. The Morgan fingerprint density at radius 3 is 2.41 bits per heavy atom. The molecule has 0 radical (unpaired) electrons. The summed E-state index contributed by atoms with van der Waals surface area (Å²) in [4.78, 5) is 30.2. The van der Waals surface area contributed by atoms with Crippen LogP contribution in [0.1, 0.15) is 39.7 Å². The molecule has 2 amide bonds. The summed E-state index contributed by atoms with van der Waals surface area (Å²) in [6.45, 7) is 7.70. The Bertz CT molecular complexity index is 1050. The third-order valence-corrected chi connectivity index (χ3v) is 5.31. The van der Waals surface area contributed by atoms with Gasteiger partial charge in [0.2, 0.25) is 5.91 Å². The van der Waals surface area contributed by atoms with Crippen LogP contribution in [0.5, 0.6) is 5.75 Å². The maximum Gasteiger partial charge on any atom is 0.252 e. The predicted molar refractivity (Wildman–Crippen MR) is 115 cm³/mol. The van der Waals surface area contributed by atoms with Crippen LogP contribution < -0.4 is 15.4 Å². The summed E-state index contributed by atoms with van der Waals surface area (Å²) < 4.78 is 5.75. The smallest absolute Gasteiger partial charge is 0.252 e. The van der Waals surface area contributed by atoms with Crippen molar-refractivity contribution in [1.82, 2.24) is 4.98 Å². The van der Waals surface area contributed by atoms with Crippen LogP contribution in [0.4, 0.5) is 10.8 Å². The molecule has 2 N–H and O–H groups in total. The summed E-state index contributed by atoms with van der Waals surface area (Å²) in [6.07, 6.45) is 0. The van der Waals surface area contributed by atoms with Gasteiger partial charge in [0.15, 0.2) is 5.13 Å². The van der Waals surface area contributed by atoms with E-state index in [1.165, 1.54) is 18.3 Å². The first-order chi connectivity index (χ1) is 13.8. The van der Waals surface area contributed by atoms with Crippen molar-refractivity contribution >= 4 is 34.0 Å². The third kappa shape index (κ3) is 4.46. The van der Waals surface area contributed by atoms with E-state index in [0.717, 1.165) is 22.4 Å². The zero-order chi connectivity index (χ0) is 21.1. The highest BCUT2D eigenvalue weighted by Crippen LogP contribution is 2.34. The van der Waals surface area contributed by atoms with Crippen LogP contribution in [0.3, 0.4) is 0 Å². The molecule has 3 aromatic rings. The number of hydrogen-bond donors (Lipinski definition) is 1. The first kappa shape index (κ1) is 20.5. The molecule has 1 heterocycles. The second kappa shape index (κ2) is 8.45. The molecule has 1 aromatic heterocycles. The fourth-order valence-electron chi connectivity index (χ4n) is 3.33. The third-order valence-electron chi connectivity index (χ3n) is 4.43. The highest BCUT2D eigenvalue weighted by atomic mass is 32.1. The van der Waals surface area contributed by atoms with E-state index in [4.69, 9.17) is 10.5 Å². The second-order valence-corrected chi connectivity index (χ2v) is 7.71. The van der Waals surface area contributed by atoms with Crippen LogP contribution in [-0.4, -0.2) is 16.8 Å². The number of thiazole rings is 1. The number of benzene rings is 2. The number of carbonyl (C=O) groups is 2. The number of anilines is 2. The summed E-state index contributed by atoms with van der Waals surface area (Å²) in [6, 6.07) is 10.9. The Balaban J connectivity index is 1.86. The fourth-order valence-corrected chi connectivity index (χ4v) is 4.18. The Morgan fingerprint density at radius 2 is 1.79 bits per heavy atom. The molecule has 2 aromatic carbocycles. The molecule has 150 valence electrons. The van der Waals surface area contributed by atoms with Gasteiger partial charge in [-0.1, -0.05) is 29.8 Å². The van der Waals surface area contributed by atoms with Crippen molar-refractivity contribution in [3.8, 4) is 5.75 Å². The van der Waals surface area contributed by atoms with Gasteiger partial charge >= 0.3 is 0 Å². The van der Waals surface area contributed by atoms with E-state index >= 15 is 0 Å². The lowest BCUT2D eigenvalue weighted by Crippen LogP contribution is -2.24. The van der Waals surface area contributed by atoms with Gasteiger partial charge in [0, 0.05) is 12.3 Å². The first-order valence-electron chi connectivity index (χ1n) is 9.12. The van der Waals surface area contributed by atoms with Gasteiger partial charge in [-0.05, 0) is 44.0 Å². The number of para-hydroxylation sites is 1. The number of ether oxygens (including phenoxy) is 1. The molecule has 7 heteroatoms. The minimum atomic E-state index is -0.548. The van der Waals surface area contributed by atoms with Crippen LogP contribution in [-0.2, 0) is 11.4 Å². The molecule has 0 saturated carbocycles. The van der Waals surface area contributed by atoms with Crippen molar-refractivity contribution in [2.75, 3.05) is 4.90 Å². The molecular weight excluding hydrogens is 386 g/mol. The number of primary amides is 1. The van der Waals surface area contributed by atoms with Crippen molar-refractivity contribution < 1.29 is 14.3 Å². The van der Waals surface area contributed by atoms with Crippen molar-refractivity contribution in [1.29, 1.82) is 0 Å². The van der Waals surface area contributed by atoms with E-state index in [1.54, 1.807) is 29.2 Å². The molecule has 6 nitrogen and oxygen atoms in total. The van der Waals surface area contributed by atoms with Crippen molar-refractivity contribution in [2.24, 2.45) is 5.73 Å². The van der Waals surface area contributed by atoms with Gasteiger partial charge in [-0.3, -0.25) is 14.5 Å². The Labute approximate surface area is 173 Å². The average Bonchev–Trinajstić information content (AvgIpc) is 3.11. The molecule has 29 heavy (non-hydrogen) atoms. The summed E-state index contributed by atoms with van der Waals surface area (Å²) in [7, 11) is 0. The normalized spacial score (nSPS) is 10.6. The fraction of sp³-hybridized carbons (Fsp3) is 0.227. The SMILES string of the molecule is CC(=O)N(c1nc(COc2ccccc2C(N)=O)cs1)c1c(C)cc(C)cc1C. The van der Waals surface area contributed by atoms with E-state index in [9.17, 15) is 9.59 Å². The van der Waals surface area contributed by atoms with Crippen LogP contribution in [0.15, 0.2) is 41.8 Å². The Morgan fingerprint density at radius 1 is 1.14 bits per heavy atom. The van der Waals surface area contributed by atoms with Gasteiger partial charge in [0.1, 0.15) is 12.4 Å². The van der Waals surface area contributed by atoms with Crippen LogP contribution in [0, 0.1) is 20.8 Å². The lowest BCUT2D eigenvalue weighted by molar-refractivity contribution is -0.115. The van der Waals surface area contributed by atoms with E-state index in [2.05, 4.69) is 17.1 Å². The number of aryl methyl sites for hydroxylation is 3. The quantitative estimate of drug-likeness (QED) is 0.652. The first-order valence-corrected chi connectivity index (χ1v) is 10.0. The minimum absolute atomic E-state index is 0.110. The maximum atomic E-state index is 12.5. The summed E-state index contributed by atoms with van der Waals surface area (Å²) in [5.74, 6) is -0.253. The van der Waals surface area contributed by atoms with Gasteiger partial charge in [0.25, 0.3) is 5.91 Å². The lowest BCUT2D eigenvalue weighted by atomic mass is 10.0. The van der Waals surface area contributed by atoms with Gasteiger partial charge in [-0.2, -0.15) is 0 Å². The van der Waals surface area contributed by atoms with Crippen molar-refractivity contribution in [3.05, 3.63) is 69.7 Å². The van der Waals surface area contributed by atoms with Gasteiger partial charge in [-0.15, -0.1) is 11.3 Å². The number of nitrogens with two attached hydrogens (primary N) is 1. The zero-order valence-corrected chi connectivity index (χ0v) is 17.7. The molecule has 0 aliphatic carbocycles. The Hall–Kier alpha value is -3.19. The lowest BCUT2D eigenvalue weighted by Gasteiger charge is -2.23. The van der Waals surface area contributed by atoms with Crippen molar-refractivity contribution in [3.63, 3.8) is 0 Å². The topological polar surface area (TPSA) is 85.5 Å². The van der Waals surface area contributed by atoms with E-state index < -0.39 is 5.91 Å². The van der Waals surface area contributed by atoms with E-state index in [0.29, 0.717) is 22.1 Å². The molecule has 0 fully saturated rings. The summed E-state index contributed by atoms with van der Waals surface area (Å²) >= 11 is 1.37. The maximum absolute atomic E-state index is 12.5. The van der Waals surface area contributed by atoms with E-state index in [-0.39, 0.29) is 12.5 Å². The predicted octanol–water partition coefficient (Wildman–Crippen LogP) is 4.43. The molecule has 0 aliphatic heterocycles.